The lowest BCUT2D eigenvalue weighted by Crippen LogP contribution is -2.39. The van der Waals surface area contributed by atoms with E-state index in [2.05, 4.69) is 9.88 Å². The highest BCUT2D eigenvalue weighted by atomic mass is 16.5. The number of fused-ring (bicyclic) bond motifs is 1. The van der Waals surface area contributed by atoms with Gasteiger partial charge in [-0.25, -0.2) is 0 Å². The number of rotatable bonds is 8. The van der Waals surface area contributed by atoms with Gasteiger partial charge in [-0.05, 0) is 54.3 Å². The second-order valence-corrected chi connectivity index (χ2v) is 8.38. The number of hydrogen-bond acceptors (Lipinski definition) is 5. The van der Waals surface area contributed by atoms with Crippen molar-refractivity contribution in [2.75, 3.05) is 50.8 Å². The first-order chi connectivity index (χ1) is 15.7. The number of aromatic nitrogens is 1. The maximum absolute atomic E-state index is 13.5. The minimum atomic E-state index is 0.0341. The van der Waals surface area contributed by atoms with E-state index in [0.717, 1.165) is 62.5 Å². The molecule has 1 aromatic heterocycles. The number of carbonyl (C=O) groups excluding carboxylic acids is 2. The van der Waals surface area contributed by atoms with Crippen molar-refractivity contribution in [1.82, 2.24) is 14.8 Å². The molecule has 1 saturated heterocycles. The summed E-state index contributed by atoms with van der Waals surface area (Å²) in [6.45, 7) is 8.26. The van der Waals surface area contributed by atoms with Crippen LogP contribution in [0.2, 0.25) is 0 Å². The van der Waals surface area contributed by atoms with Crippen molar-refractivity contribution in [3.63, 3.8) is 0 Å². The molecule has 1 fully saturated rings. The van der Waals surface area contributed by atoms with Gasteiger partial charge >= 0.3 is 0 Å². The molecule has 0 bridgehead atoms. The Labute approximate surface area is 190 Å². The summed E-state index contributed by atoms with van der Waals surface area (Å²) in [4.78, 5) is 35.9. The molecule has 4 rings (SSSR count). The molecule has 7 nitrogen and oxygen atoms in total. The number of ether oxygens (including phenoxy) is 1. The van der Waals surface area contributed by atoms with E-state index >= 15 is 0 Å². The number of morpholine rings is 1. The number of anilines is 1. The third kappa shape index (κ3) is 5.34. The van der Waals surface area contributed by atoms with Gasteiger partial charge in [0.15, 0.2) is 0 Å². The Kier molecular flexibility index (Phi) is 7.50. The van der Waals surface area contributed by atoms with Crippen LogP contribution in [0.4, 0.5) is 5.69 Å². The summed E-state index contributed by atoms with van der Waals surface area (Å²) in [6.07, 6.45) is 5.73. The molecular formula is C25H32N4O3. The summed E-state index contributed by atoms with van der Waals surface area (Å²) in [5.41, 5.74) is 3.78. The van der Waals surface area contributed by atoms with Gasteiger partial charge in [0.05, 0.1) is 13.2 Å². The molecule has 32 heavy (non-hydrogen) atoms. The smallest absolute Gasteiger partial charge is 0.254 e. The Balaban J connectivity index is 1.47. The van der Waals surface area contributed by atoms with Gasteiger partial charge in [0.1, 0.15) is 0 Å². The van der Waals surface area contributed by atoms with Crippen LogP contribution < -0.4 is 4.90 Å². The Bertz CT molecular complexity index is 928. The van der Waals surface area contributed by atoms with Crippen molar-refractivity contribution >= 4 is 17.5 Å². The molecule has 0 unspecified atom stereocenters. The van der Waals surface area contributed by atoms with Gasteiger partial charge in [0, 0.05) is 69.3 Å². The van der Waals surface area contributed by atoms with Crippen LogP contribution in [0, 0.1) is 0 Å². The van der Waals surface area contributed by atoms with Crippen molar-refractivity contribution < 1.29 is 14.3 Å². The van der Waals surface area contributed by atoms with E-state index in [1.54, 1.807) is 12.4 Å². The Morgan fingerprint density at radius 2 is 1.88 bits per heavy atom. The third-order valence-corrected chi connectivity index (χ3v) is 6.24. The molecule has 0 N–H and O–H groups in total. The minimum absolute atomic E-state index is 0.0341. The fourth-order valence-corrected chi connectivity index (χ4v) is 4.44. The molecule has 2 aliphatic rings. The van der Waals surface area contributed by atoms with Gasteiger partial charge in [-0.1, -0.05) is 6.92 Å². The summed E-state index contributed by atoms with van der Waals surface area (Å²) in [5, 5.41) is 0. The minimum Gasteiger partial charge on any atom is -0.379 e. The van der Waals surface area contributed by atoms with Gasteiger partial charge < -0.3 is 14.5 Å². The first-order valence-electron chi connectivity index (χ1n) is 11.6. The van der Waals surface area contributed by atoms with Gasteiger partial charge in [0.2, 0.25) is 5.91 Å². The Morgan fingerprint density at radius 1 is 1.09 bits per heavy atom. The molecule has 2 aliphatic heterocycles. The van der Waals surface area contributed by atoms with Crippen LogP contribution in [-0.2, 0) is 22.5 Å². The van der Waals surface area contributed by atoms with Gasteiger partial charge in [-0.2, -0.15) is 0 Å². The van der Waals surface area contributed by atoms with Crippen LogP contribution in [0.5, 0.6) is 0 Å². The molecule has 7 heteroatoms. The average Bonchev–Trinajstić information content (AvgIpc) is 3.27. The Hall–Kier alpha value is -2.77. The fourth-order valence-electron chi connectivity index (χ4n) is 4.44. The van der Waals surface area contributed by atoms with E-state index < -0.39 is 0 Å². The number of benzene rings is 1. The number of nitrogens with zero attached hydrogens (tertiary/aromatic N) is 4. The molecule has 3 heterocycles. The molecule has 0 radical (unpaired) electrons. The molecule has 2 aromatic rings. The predicted octanol–water partition coefficient (Wildman–Crippen LogP) is 2.75. The maximum Gasteiger partial charge on any atom is 0.254 e. The number of hydrogen-bond donors (Lipinski definition) is 0. The third-order valence-electron chi connectivity index (χ3n) is 6.24. The average molecular weight is 437 g/mol. The Morgan fingerprint density at radius 3 is 2.62 bits per heavy atom. The van der Waals surface area contributed by atoms with Crippen molar-refractivity contribution in [2.45, 2.75) is 32.7 Å². The zero-order valence-electron chi connectivity index (χ0n) is 18.8. The van der Waals surface area contributed by atoms with Crippen LogP contribution >= 0.6 is 0 Å². The normalized spacial score (nSPS) is 16.1. The van der Waals surface area contributed by atoms with Crippen LogP contribution in [-0.4, -0.2) is 72.5 Å². The summed E-state index contributed by atoms with van der Waals surface area (Å²) in [6, 6.07) is 9.69. The summed E-state index contributed by atoms with van der Waals surface area (Å²) < 4.78 is 5.43. The molecule has 0 spiro atoms. The summed E-state index contributed by atoms with van der Waals surface area (Å²) in [7, 11) is 0. The zero-order chi connectivity index (χ0) is 22.3. The van der Waals surface area contributed by atoms with Crippen LogP contribution in [0.15, 0.2) is 42.7 Å². The van der Waals surface area contributed by atoms with Crippen LogP contribution in [0.25, 0.3) is 0 Å². The molecule has 1 aromatic carbocycles. The number of amides is 2. The molecule has 170 valence electrons. The fraction of sp³-hybridized carbons (Fsp3) is 0.480. The van der Waals surface area contributed by atoms with Gasteiger partial charge in [-0.3, -0.25) is 19.5 Å². The van der Waals surface area contributed by atoms with Crippen molar-refractivity contribution in [2.24, 2.45) is 0 Å². The highest BCUT2D eigenvalue weighted by molar-refractivity contribution is 5.98. The number of pyridine rings is 1. The van der Waals surface area contributed by atoms with E-state index in [9.17, 15) is 9.59 Å². The van der Waals surface area contributed by atoms with Gasteiger partial charge in [-0.15, -0.1) is 0 Å². The lowest BCUT2D eigenvalue weighted by Gasteiger charge is -2.28. The zero-order valence-corrected chi connectivity index (χ0v) is 18.8. The lowest BCUT2D eigenvalue weighted by molar-refractivity contribution is -0.118. The second-order valence-electron chi connectivity index (χ2n) is 8.38. The molecule has 2 amide bonds. The molecule has 0 aliphatic carbocycles. The second kappa shape index (κ2) is 10.7. The molecule has 0 saturated carbocycles. The topological polar surface area (TPSA) is 66.0 Å². The van der Waals surface area contributed by atoms with E-state index in [1.807, 2.05) is 47.1 Å². The quantitative estimate of drug-likeness (QED) is 0.637. The van der Waals surface area contributed by atoms with Crippen molar-refractivity contribution in [3.8, 4) is 0 Å². The summed E-state index contributed by atoms with van der Waals surface area (Å²) >= 11 is 0. The van der Waals surface area contributed by atoms with E-state index in [0.29, 0.717) is 31.6 Å². The first kappa shape index (κ1) is 22.4. The maximum atomic E-state index is 13.5. The van der Waals surface area contributed by atoms with Crippen LogP contribution in [0.3, 0.4) is 0 Å². The largest absolute Gasteiger partial charge is 0.379 e. The summed E-state index contributed by atoms with van der Waals surface area (Å²) in [5.74, 6) is 0.164. The SMILES string of the molecule is CCC(=O)N1CCc2cc(C(=O)N(CCCN3CCOCC3)Cc3ccncc3)ccc21. The lowest BCUT2D eigenvalue weighted by atomic mass is 10.1. The number of carbonyl (C=O) groups is 2. The van der Waals surface area contributed by atoms with E-state index in [-0.39, 0.29) is 11.8 Å². The monoisotopic (exact) mass is 436 g/mol. The van der Waals surface area contributed by atoms with Crippen molar-refractivity contribution in [1.29, 1.82) is 0 Å². The van der Waals surface area contributed by atoms with E-state index in [4.69, 9.17) is 4.74 Å². The highest BCUT2D eigenvalue weighted by Crippen LogP contribution is 2.30. The first-order valence-corrected chi connectivity index (χ1v) is 11.6. The highest BCUT2D eigenvalue weighted by Gasteiger charge is 2.25. The van der Waals surface area contributed by atoms with Gasteiger partial charge in [0.25, 0.3) is 5.91 Å². The molecule has 0 atom stereocenters. The standard InChI is InChI=1S/C25H32N4O3/c1-2-24(30)29-13-8-21-18-22(4-5-23(21)29)25(31)28(19-20-6-9-26-10-7-20)12-3-11-27-14-16-32-17-15-27/h4-7,9-10,18H,2-3,8,11-17,19H2,1H3. The van der Waals surface area contributed by atoms with E-state index in [1.165, 1.54) is 0 Å². The predicted molar refractivity (Wildman–Crippen MR) is 124 cm³/mol. The van der Waals surface area contributed by atoms with Crippen molar-refractivity contribution in [3.05, 3.63) is 59.4 Å². The van der Waals surface area contributed by atoms with Crippen LogP contribution in [0.1, 0.15) is 41.3 Å². The molecular weight excluding hydrogens is 404 g/mol.